The minimum Gasteiger partial charge on any atom is -0.310 e. The van der Waals surface area contributed by atoms with Gasteiger partial charge < -0.3 is 5.32 Å². The lowest BCUT2D eigenvalue weighted by molar-refractivity contribution is 0.491. The maximum absolute atomic E-state index is 12.5. The van der Waals surface area contributed by atoms with Crippen molar-refractivity contribution in [2.75, 3.05) is 12.3 Å². The van der Waals surface area contributed by atoms with Crippen molar-refractivity contribution in [2.24, 2.45) is 0 Å². The fourth-order valence-electron chi connectivity index (χ4n) is 2.90. The molecule has 0 bridgehead atoms. The molecule has 0 radical (unpaired) electrons. The lowest BCUT2D eigenvalue weighted by Gasteiger charge is -2.22. The van der Waals surface area contributed by atoms with E-state index in [-0.39, 0.29) is 11.8 Å². The van der Waals surface area contributed by atoms with Crippen LogP contribution in [0.15, 0.2) is 17.0 Å². The molecule has 1 atom stereocenters. The molecule has 0 spiro atoms. The van der Waals surface area contributed by atoms with Gasteiger partial charge in [0.2, 0.25) is 0 Å². The van der Waals surface area contributed by atoms with E-state index in [4.69, 9.17) is 0 Å². The van der Waals surface area contributed by atoms with Crippen LogP contribution in [0.3, 0.4) is 0 Å². The Kier molecular flexibility index (Phi) is 4.31. The van der Waals surface area contributed by atoms with Crippen LogP contribution in [0.1, 0.15) is 48.9 Å². The Bertz CT molecular complexity index is 564. The molecule has 19 heavy (non-hydrogen) atoms. The highest BCUT2D eigenvalue weighted by Crippen LogP contribution is 2.35. The van der Waals surface area contributed by atoms with E-state index < -0.39 is 9.84 Å². The van der Waals surface area contributed by atoms with Crippen molar-refractivity contribution in [3.8, 4) is 0 Å². The van der Waals surface area contributed by atoms with Gasteiger partial charge in [0.15, 0.2) is 9.84 Å². The number of hydrogen-bond acceptors (Lipinski definition) is 3. The zero-order valence-corrected chi connectivity index (χ0v) is 12.8. The minimum absolute atomic E-state index is 0.173. The molecule has 1 unspecified atom stereocenters. The van der Waals surface area contributed by atoms with E-state index in [9.17, 15) is 8.42 Å². The molecule has 1 aliphatic rings. The summed E-state index contributed by atoms with van der Waals surface area (Å²) >= 11 is 0. The zero-order valence-electron chi connectivity index (χ0n) is 12.0. The van der Waals surface area contributed by atoms with Crippen LogP contribution in [0.5, 0.6) is 0 Å². The fourth-order valence-corrected chi connectivity index (χ4v) is 4.85. The van der Waals surface area contributed by atoms with Gasteiger partial charge in [-0.1, -0.05) is 19.1 Å². The molecule has 1 heterocycles. The van der Waals surface area contributed by atoms with Crippen molar-refractivity contribution in [1.82, 2.24) is 5.32 Å². The molecule has 0 saturated heterocycles. The second-order valence-electron chi connectivity index (χ2n) is 5.41. The van der Waals surface area contributed by atoms with Gasteiger partial charge in [-0.05, 0) is 56.3 Å². The first kappa shape index (κ1) is 14.5. The van der Waals surface area contributed by atoms with Crippen molar-refractivity contribution < 1.29 is 8.42 Å². The molecule has 2 rings (SSSR count). The van der Waals surface area contributed by atoms with E-state index in [1.165, 1.54) is 0 Å². The normalized spacial score (nSPS) is 21.7. The summed E-state index contributed by atoms with van der Waals surface area (Å²) in [5.74, 6) is 0.272. The second kappa shape index (κ2) is 5.63. The largest absolute Gasteiger partial charge is 0.310 e. The highest BCUT2D eigenvalue weighted by molar-refractivity contribution is 7.91. The predicted octanol–water partition coefficient (Wildman–Crippen LogP) is 2.91. The van der Waals surface area contributed by atoms with Crippen LogP contribution in [0.25, 0.3) is 0 Å². The third-order valence-corrected chi connectivity index (χ3v) is 5.81. The van der Waals surface area contributed by atoms with Gasteiger partial charge in [-0.3, -0.25) is 0 Å². The molecule has 0 aromatic heterocycles. The van der Waals surface area contributed by atoms with Crippen molar-refractivity contribution in [3.63, 3.8) is 0 Å². The van der Waals surface area contributed by atoms with Gasteiger partial charge in [-0.15, -0.1) is 0 Å². The summed E-state index contributed by atoms with van der Waals surface area (Å²) in [6.45, 7) is 6.97. The van der Waals surface area contributed by atoms with E-state index >= 15 is 0 Å². The van der Waals surface area contributed by atoms with Crippen molar-refractivity contribution in [1.29, 1.82) is 0 Å². The quantitative estimate of drug-likeness (QED) is 0.926. The average Bonchev–Trinajstić information content (AvgIpc) is 2.48. The lowest BCUT2D eigenvalue weighted by Crippen LogP contribution is -2.23. The van der Waals surface area contributed by atoms with Crippen molar-refractivity contribution in [2.45, 2.75) is 51.0 Å². The van der Waals surface area contributed by atoms with Gasteiger partial charge in [0.05, 0.1) is 10.6 Å². The summed E-state index contributed by atoms with van der Waals surface area (Å²) in [6.07, 6.45) is 2.69. The lowest BCUT2D eigenvalue weighted by atomic mass is 9.95. The number of rotatable bonds is 3. The summed E-state index contributed by atoms with van der Waals surface area (Å²) in [7, 11) is -3.13. The van der Waals surface area contributed by atoms with Crippen LogP contribution >= 0.6 is 0 Å². The van der Waals surface area contributed by atoms with Gasteiger partial charge in [0, 0.05) is 6.04 Å². The zero-order chi connectivity index (χ0) is 14.0. The second-order valence-corrected chi connectivity index (χ2v) is 7.46. The van der Waals surface area contributed by atoms with E-state index in [1.807, 2.05) is 26.0 Å². The first-order chi connectivity index (χ1) is 8.97. The first-order valence-electron chi connectivity index (χ1n) is 7.03. The Morgan fingerprint density at radius 2 is 1.95 bits per heavy atom. The Labute approximate surface area is 116 Å². The molecule has 1 aromatic rings. The van der Waals surface area contributed by atoms with Crippen LogP contribution in [-0.2, 0) is 9.84 Å². The molecular formula is C15H23NO2S. The molecule has 106 valence electrons. The summed E-state index contributed by atoms with van der Waals surface area (Å²) in [5, 5.41) is 3.51. The Hall–Kier alpha value is -0.870. The van der Waals surface area contributed by atoms with E-state index in [0.717, 1.165) is 42.5 Å². The standard InChI is InChI=1S/C15H23NO2S/c1-4-9-16-13-6-5-10-19(17,18)15-12(3)8-7-11(2)14(13)15/h7-8,13,16H,4-6,9-10H2,1-3H3. The summed E-state index contributed by atoms with van der Waals surface area (Å²) in [4.78, 5) is 0.582. The smallest absolute Gasteiger partial charge is 0.178 e. The molecule has 1 N–H and O–H groups in total. The van der Waals surface area contributed by atoms with E-state index in [1.54, 1.807) is 0 Å². The summed E-state index contributed by atoms with van der Waals surface area (Å²) in [6, 6.07) is 4.14. The molecule has 1 aliphatic heterocycles. The van der Waals surface area contributed by atoms with Crippen LogP contribution in [0, 0.1) is 13.8 Å². The minimum atomic E-state index is -3.13. The molecule has 4 heteroatoms. The van der Waals surface area contributed by atoms with Crippen molar-refractivity contribution >= 4 is 9.84 Å². The highest BCUT2D eigenvalue weighted by Gasteiger charge is 2.30. The average molecular weight is 281 g/mol. The number of hydrogen-bond donors (Lipinski definition) is 1. The third-order valence-electron chi connectivity index (χ3n) is 3.82. The Balaban J connectivity index is 2.59. The summed E-state index contributed by atoms with van der Waals surface area (Å²) in [5.41, 5.74) is 2.97. The fraction of sp³-hybridized carbons (Fsp3) is 0.600. The number of benzene rings is 1. The van der Waals surface area contributed by atoms with Crippen LogP contribution < -0.4 is 5.32 Å². The number of fused-ring (bicyclic) bond motifs is 1. The van der Waals surface area contributed by atoms with Gasteiger partial charge >= 0.3 is 0 Å². The molecular weight excluding hydrogens is 258 g/mol. The first-order valence-corrected chi connectivity index (χ1v) is 8.69. The molecule has 0 aliphatic carbocycles. The Morgan fingerprint density at radius 1 is 1.26 bits per heavy atom. The number of aryl methyl sites for hydroxylation is 2. The van der Waals surface area contributed by atoms with E-state index in [0.29, 0.717) is 4.90 Å². The van der Waals surface area contributed by atoms with Crippen LogP contribution in [0.2, 0.25) is 0 Å². The predicted molar refractivity (Wildman–Crippen MR) is 78.2 cm³/mol. The molecule has 0 saturated carbocycles. The van der Waals surface area contributed by atoms with Gasteiger partial charge in [0.25, 0.3) is 0 Å². The van der Waals surface area contributed by atoms with Gasteiger partial charge in [-0.2, -0.15) is 0 Å². The van der Waals surface area contributed by atoms with Gasteiger partial charge in [0.1, 0.15) is 0 Å². The van der Waals surface area contributed by atoms with Gasteiger partial charge in [-0.25, -0.2) is 8.42 Å². The topological polar surface area (TPSA) is 46.2 Å². The summed E-state index contributed by atoms with van der Waals surface area (Å²) < 4.78 is 24.9. The molecule has 1 aromatic carbocycles. The number of nitrogens with one attached hydrogen (secondary N) is 1. The maximum atomic E-state index is 12.5. The molecule has 0 amide bonds. The Morgan fingerprint density at radius 3 is 2.63 bits per heavy atom. The van der Waals surface area contributed by atoms with Crippen LogP contribution in [-0.4, -0.2) is 20.7 Å². The maximum Gasteiger partial charge on any atom is 0.178 e. The van der Waals surface area contributed by atoms with E-state index in [2.05, 4.69) is 12.2 Å². The molecule has 0 fully saturated rings. The van der Waals surface area contributed by atoms with Crippen LogP contribution in [0.4, 0.5) is 0 Å². The molecule has 3 nitrogen and oxygen atoms in total. The highest BCUT2D eigenvalue weighted by atomic mass is 32.2. The monoisotopic (exact) mass is 281 g/mol. The van der Waals surface area contributed by atoms with Crippen molar-refractivity contribution in [3.05, 3.63) is 28.8 Å². The third kappa shape index (κ3) is 2.84. The number of sulfone groups is 1. The SMILES string of the molecule is CCCNC1CCCS(=O)(=O)c2c(C)ccc(C)c21.